The number of aliphatic hydroxyl groups excluding tert-OH is 1. The molecule has 1 atom stereocenters. The zero-order chi connectivity index (χ0) is 11.4. The average molecular weight is 228 g/mol. The lowest BCUT2D eigenvalue weighted by Gasteiger charge is -2.15. The summed E-state index contributed by atoms with van der Waals surface area (Å²) in [6, 6.07) is 5.72. The van der Waals surface area contributed by atoms with Crippen LogP contribution in [0, 0.1) is 6.92 Å². The van der Waals surface area contributed by atoms with Crippen LogP contribution in [0.5, 0.6) is 0 Å². The van der Waals surface area contributed by atoms with Crippen molar-refractivity contribution in [3.63, 3.8) is 0 Å². The largest absolute Gasteiger partial charge is 0.388 e. The van der Waals surface area contributed by atoms with Crippen LogP contribution in [0.2, 0.25) is 5.02 Å². The molecule has 1 aromatic rings. The molecule has 1 unspecified atom stereocenters. The summed E-state index contributed by atoms with van der Waals surface area (Å²) in [5.74, 6) is 0. The maximum atomic E-state index is 9.90. The molecule has 0 saturated heterocycles. The number of aliphatic hydroxyl groups is 1. The molecule has 0 bridgehead atoms. The van der Waals surface area contributed by atoms with Crippen molar-refractivity contribution in [2.24, 2.45) is 0 Å². The molecular weight excluding hydrogens is 210 g/mol. The number of rotatable bonds is 4. The minimum Gasteiger partial charge on any atom is -0.388 e. The van der Waals surface area contributed by atoms with Gasteiger partial charge in [-0.3, -0.25) is 0 Å². The summed E-state index contributed by atoms with van der Waals surface area (Å²) >= 11 is 6.00. The van der Waals surface area contributed by atoms with Gasteiger partial charge in [-0.25, -0.2) is 0 Å². The molecule has 0 fully saturated rings. The summed E-state index contributed by atoms with van der Waals surface area (Å²) in [7, 11) is 3.99. The van der Waals surface area contributed by atoms with Gasteiger partial charge >= 0.3 is 0 Å². The molecule has 0 aliphatic rings. The van der Waals surface area contributed by atoms with Gasteiger partial charge < -0.3 is 10.0 Å². The van der Waals surface area contributed by atoms with Gasteiger partial charge in [-0.15, -0.1) is 0 Å². The van der Waals surface area contributed by atoms with Gasteiger partial charge in [0.25, 0.3) is 0 Å². The highest BCUT2D eigenvalue weighted by atomic mass is 35.5. The van der Waals surface area contributed by atoms with Crippen LogP contribution in [0.25, 0.3) is 0 Å². The van der Waals surface area contributed by atoms with Crippen LogP contribution in [-0.4, -0.2) is 30.6 Å². The summed E-state index contributed by atoms with van der Waals surface area (Å²) < 4.78 is 0. The highest BCUT2D eigenvalue weighted by Gasteiger charge is 2.08. The van der Waals surface area contributed by atoms with Crippen molar-refractivity contribution < 1.29 is 5.11 Å². The Bertz CT molecular complexity index is 325. The lowest BCUT2D eigenvalue weighted by atomic mass is 10.0. The quantitative estimate of drug-likeness (QED) is 0.855. The van der Waals surface area contributed by atoms with E-state index in [1.165, 1.54) is 0 Å². The number of aryl methyl sites for hydroxylation is 1. The van der Waals surface area contributed by atoms with Gasteiger partial charge in [0.15, 0.2) is 0 Å². The van der Waals surface area contributed by atoms with Crippen molar-refractivity contribution in [3.05, 3.63) is 34.3 Å². The fourth-order valence-corrected chi connectivity index (χ4v) is 1.55. The Labute approximate surface area is 96.5 Å². The van der Waals surface area contributed by atoms with E-state index in [0.29, 0.717) is 0 Å². The van der Waals surface area contributed by atoms with E-state index >= 15 is 0 Å². The van der Waals surface area contributed by atoms with Crippen LogP contribution >= 0.6 is 11.6 Å². The Morgan fingerprint density at radius 1 is 1.40 bits per heavy atom. The van der Waals surface area contributed by atoms with Gasteiger partial charge in [0.2, 0.25) is 0 Å². The van der Waals surface area contributed by atoms with Gasteiger partial charge in [0, 0.05) is 11.6 Å². The molecule has 0 amide bonds. The van der Waals surface area contributed by atoms with Gasteiger partial charge in [0.1, 0.15) is 0 Å². The Balaban J connectivity index is 2.65. The SMILES string of the molecule is Cc1ccc(C(O)CCN(C)C)cc1Cl. The Morgan fingerprint density at radius 2 is 2.07 bits per heavy atom. The third-order valence-electron chi connectivity index (χ3n) is 2.43. The fraction of sp³-hybridized carbons (Fsp3) is 0.500. The van der Waals surface area contributed by atoms with Crippen LogP contribution in [0.1, 0.15) is 23.7 Å². The minimum absolute atomic E-state index is 0.425. The molecule has 1 aromatic carbocycles. The topological polar surface area (TPSA) is 23.5 Å². The van der Waals surface area contributed by atoms with E-state index in [1.54, 1.807) is 0 Å². The lowest BCUT2D eigenvalue weighted by Crippen LogP contribution is -2.15. The van der Waals surface area contributed by atoms with Crippen molar-refractivity contribution in [1.82, 2.24) is 4.90 Å². The smallest absolute Gasteiger partial charge is 0.0802 e. The number of nitrogens with zero attached hydrogens (tertiary/aromatic N) is 1. The van der Waals surface area contributed by atoms with Crippen molar-refractivity contribution >= 4 is 11.6 Å². The molecule has 84 valence electrons. The summed E-state index contributed by atoms with van der Waals surface area (Å²) in [6.45, 7) is 2.82. The van der Waals surface area contributed by atoms with Crippen molar-refractivity contribution in [1.29, 1.82) is 0 Å². The summed E-state index contributed by atoms with van der Waals surface area (Å²) in [4.78, 5) is 2.05. The zero-order valence-corrected chi connectivity index (χ0v) is 10.3. The predicted molar refractivity (Wildman–Crippen MR) is 64.3 cm³/mol. The van der Waals surface area contributed by atoms with E-state index in [1.807, 2.05) is 39.2 Å². The molecule has 0 aliphatic heterocycles. The predicted octanol–water partition coefficient (Wildman–Crippen LogP) is 2.63. The van der Waals surface area contributed by atoms with Crippen LogP contribution in [-0.2, 0) is 0 Å². The highest BCUT2D eigenvalue weighted by molar-refractivity contribution is 6.31. The molecule has 1 rings (SSSR count). The Morgan fingerprint density at radius 3 is 2.60 bits per heavy atom. The second-order valence-electron chi connectivity index (χ2n) is 4.12. The summed E-state index contributed by atoms with van der Waals surface area (Å²) in [6.07, 6.45) is 0.303. The molecule has 0 heterocycles. The van der Waals surface area contributed by atoms with E-state index in [4.69, 9.17) is 11.6 Å². The molecule has 0 radical (unpaired) electrons. The molecular formula is C12H18ClNO. The van der Waals surface area contributed by atoms with Crippen molar-refractivity contribution in [2.45, 2.75) is 19.4 Å². The molecule has 2 nitrogen and oxygen atoms in total. The van der Waals surface area contributed by atoms with E-state index in [2.05, 4.69) is 4.90 Å². The molecule has 0 saturated carbocycles. The first-order chi connectivity index (χ1) is 7.00. The molecule has 15 heavy (non-hydrogen) atoms. The average Bonchev–Trinajstić information content (AvgIpc) is 2.18. The first-order valence-corrected chi connectivity index (χ1v) is 5.47. The normalized spacial score (nSPS) is 13.2. The minimum atomic E-state index is -0.425. The molecule has 0 spiro atoms. The lowest BCUT2D eigenvalue weighted by molar-refractivity contribution is 0.154. The zero-order valence-electron chi connectivity index (χ0n) is 9.50. The number of benzene rings is 1. The Kier molecular flexibility index (Phi) is 4.58. The highest BCUT2D eigenvalue weighted by Crippen LogP contribution is 2.23. The van der Waals surface area contributed by atoms with Gasteiger partial charge in [-0.1, -0.05) is 23.7 Å². The first-order valence-electron chi connectivity index (χ1n) is 5.09. The van der Waals surface area contributed by atoms with E-state index in [-0.39, 0.29) is 0 Å². The third kappa shape index (κ3) is 3.82. The molecule has 0 aromatic heterocycles. The van der Waals surface area contributed by atoms with E-state index in [0.717, 1.165) is 29.1 Å². The number of hydrogen-bond acceptors (Lipinski definition) is 2. The Hall–Kier alpha value is -0.570. The number of halogens is 1. The van der Waals surface area contributed by atoms with Crippen LogP contribution in [0.15, 0.2) is 18.2 Å². The summed E-state index contributed by atoms with van der Waals surface area (Å²) in [5.41, 5.74) is 1.94. The standard InChI is InChI=1S/C12H18ClNO/c1-9-4-5-10(8-11(9)13)12(15)6-7-14(2)3/h4-5,8,12,15H,6-7H2,1-3H3. The molecule has 1 N–H and O–H groups in total. The number of hydrogen-bond donors (Lipinski definition) is 1. The molecule has 0 aliphatic carbocycles. The fourth-order valence-electron chi connectivity index (χ4n) is 1.36. The second-order valence-corrected chi connectivity index (χ2v) is 4.52. The summed E-state index contributed by atoms with van der Waals surface area (Å²) in [5, 5.41) is 10.6. The maximum absolute atomic E-state index is 9.90. The van der Waals surface area contributed by atoms with Crippen LogP contribution in [0.4, 0.5) is 0 Å². The van der Waals surface area contributed by atoms with Crippen molar-refractivity contribution in [2.75, 3.05) is 20.6 Å². The third-order valence-corrected chi connectivity index (χ3v) is 2.84. The maximum Gasteiger partial charge on any atom is 0.0802 e. The second kappa shape index (κ2) is 5.50. The van der Waals surface area contributed by atoms with Gasteiger partial charge in [-0.05, 0) is 44.6 Å². The van der Waals surface area contributed by atoms with E-state index < -0.39 is 6.10 Å². The monoisotopic (exact) mass is 227 g/mol. The van der Waals surface area contributed by atoms with Crippen LogP contribution in [0.3, 0.4) is 0 Å². The van der Waals surface area contributed by atoms with Gasteiger partial charge in [-0.2, -0.15) is 0 Å². The van der Waals surface area contributed by atoms with E-state index in [9.17, 15) is 5.11 Å². The van der Waals surface area contributed by atoms with Gasteiger partial charge in [0.05, 0.1) is 6.10 Å². The van der Waals surface area contributed by atoms with Crippen molar-refractivity contribution in [3.8, 4) is 0 Å². The molecule has 3 heteroatoms. The van der Waals surface area contributed by atoms with Crippen LogP contribution < -0.4 is 0 Å². The first kappa shape index (κ1) is 12.5.